The Bertz CT molecular complexity index is 672. The van der Waals surface area contributed by atoms with Crippen LogP contribution in [0.1, 0.15) is 26.2 Å². The molecule has 0 saturated heterocycles. The molecule has 0 heterocycles. The van der Waals surface area contributed by atoms with E-state index in [9.17, 15) is 28.8 Å². The van der Waals surface area contributed by atoms with E-state index < -0.39 is 72.6 Å². The SMILES string of the molecule is CSCCC(NC(=O)C(C)N)C(=O)NC(CC(N)=O)C(=O)NC(CC(=O)O)C(=O)O. The molecule has 4 unspecified atom stereocenters. The molecule has 30 heavy (non-hydrogen) atoms. The Morgan fingerprint density at radius 1 is 0.867 bits per heavy atom. The third-order valence-electron chi connectivity index (χ3n) is 3.69. The summed E-state index contributed by atoms with van der Waals surface area (Å²) < 4.78 is 0. The number of nitrogens with two attached hydrogens (primary N) is 2. The van der Waals surface area contributed by atoms with Gasteiger partial charge in [0.15, 0.2) is 0 Å². The number of thioether (sulfide) groups is 1. The number of rotatable bonds is 14. The average Bonchev–Trinajstić information content (AvgIpc) is 2.62. The Morgan fingerprint density at radius 3 is 1.80 bits per heavy atom. The Labute approximate surface area is 176 Å². The van der Waals surface area contributed by atoms with Crippen LogP contribution in [0.15, 0.2) is 0 Å². The number of hydrogen-bond donors (Lipinski definition) is 7. The van der Waals surface area contributed by atoms with Crippen LogP contribution in [0.4, 0.5) is 0 Å². The van der Waals surface area contributed by atoms with Crippen LogP contribution in [0.25, 0.3) is 0 Å². The van der Waals surface area contributed by atoms with E-state index in [4.69, 9.17) is 21.7 Å². The smallest absolute Gasteiger partial charge is 0.326 e. The second kappa shape index (κ2) is 13.4. The minimum absolute atomic E-state index is 0.188. The van der Waals surface area contributed by atoms with Gasteiger partial charge in [-0.25, -0.2) is 4.79 Å². The Balaban J connectivity index is 5.42. The second-order valence-electron chi connectivity index (χ2n) is 6.36. The van der Waals surface area contributed by atoms with Gasteiger partial charge in [0.05, 0.1) is 18.9 Å². The molecule has 0 aromatic carbocycles. The van der Waals surface area contributed by atoms with Crippen molar-refractivity contribution in [1.29, 1.82) is 0 Å². The van der Waals surface area contributed by atoms with E-state index in [-0.39, 0.29) is 6.42 Å². The van der Waals surface area contributed by atoms with Gasteiger partial charge in [-0.15, -0.1) is 0 Å². The highest BCUT2D eigenvalue weighted by atomic mass is 32.2. The van der Waals surface area contributed by atoms with E-state index in [1.807, 2.05) is 5.32 Å². The van der Waals surface area contributed by atoms with Crippen molar-refractivity contribution in [3.63, 3.8) is 0 Å². The summed E-state index contributed by atoms with van der Waals surface area (Å²) in [5.41, 5.74) is 10.6. The van der Waals surface area contributed by atoms with Crippen molar-refractivity contribution in [3.05, 3.63) is 0 Å². The molecule has 0 aliphatic heterocycles. The van der Waals surface area contributed by atoms with E-state index in [0.717, 1.165) is 0 Å². The molecule has 0 fully saturated rings. The molecule has 14 heteroatoms. The number of carbonyl (C=O) groups excluding carboxylic acids is 4. The minimum atomic E-state index is -1.78. The van der Waals surface area contributed by atoms with Gasteiger partial charge in [-0.1, -0.05) is 0 Å². The summed E-state index contributed by atoms with van der Waals surface area (Å²) in [4.78, 5) is 70.0. The van der Waals surface area contributed by atoms with Gasteiger partial charge in [0.25, 0.3) is 0 Å². The van der Waals surface area contributed by atoms with Crippen LogP contribution < -0.4 is 27.4 Å². The van der Waals surface area contributed by atoms with Crippen molar-refractivity contribution in [2.75, 3.05) is 12.0 Å². The number of carboxylic acids is 2. The fourth-order valence-electron chi connectivity index (χ4n) is 2.14. The van der Waals surface area contributed by atoms with Gasteiger partial charge in [0.1, 0.15) is 18.1 Å². The molecule has 0 aromatic heterocycles. The normalized spacial score (nSPS) is 14.5. The molecule has 4 atom stereocenters. The van der Waals surface area contributed by atoms with Gasteiger partial charge in [-0.3, -0.25) is 24.0 Å². The quantitative estimate of drug-likeness (QED) is 0.142. The number of amides is 4. The van der Waals surface area contributed by atoms with Gasteiger partial charge in [0, 0.05) is 0 Å². The monoisotopic (exact) mass is 449 g/mol. The van der Waals surface area contributed by atoms with Gasteiger partial charge >= 0.3 is 11.9 Å². The number of primary amides is 1. The molecule has 0 aromatic rings. The minimum Gasteiger partial charge on any atom is -0.481 e. The summed E-state index contributed by atoms with van der Waals surface area (Å²) >= 11 is 1.40. The van der Waals surface area contributed by atoms with E-state index in [1.165, 1.54) is 18.7 Å². The van der Waals surface area contributed by atoms with E-state index >= 15 is 0 Å². The lowest BCUT2D eigenvalue weighted by Crippen LogP contribution is -2.57. The molecule has 170 valence electrons. The lowest BCUT2D eigenvalue weighted by Gasteiger charge is -2.24. The molecular weight excluding hydrogens is 422 g/mol. The van der Waals surface area contributed by atoms with Crippen LogP contribution >= 0.6 is 11.8 Å². The molecule has 0 spiro atoms. The lowest BCUT2D eigenvalue weighted by atomic mass is 10.1. The zero-order chi connectivity index (χ0) is 23.4. The van der Waals surface area contributed by atoms with Gasteiger partial charge < -0.3 is 37.6 Å². The molecule has 0 aliphatic rings. The molecule has 0 bridgehead atoms. The summed E-state index contributed by atoms with van der Waals surface area (Å²) in [7, 11) is 0. The fourth-order valence-corrected chi connectivity index (χ4v) is 2.61. The molecular formula is C16H27N5O8S. The third kappa shape index (κ3) is 10.6. The van der Waals surface area contributed by atoms with Gasteiger partial charge in [-0.2, -0.15) is 11.8 Å². The van der Waals surface area contributed by atoms with Crippen molar-refractivity contribution < 1.29 is 39.0 Å². The first-order valence-electron chi connectivity index (χ1n) is 8.77. The van der Waals surface area contributed by atoms with Crippen LogP contribution in [0.2, 0.25) is 0 Å². The predicted molar refractivity (Wildman–Crippen MR) is 106 cm³/mol. The molecule has 0 saturated carbocycles. The largest absolute Gasteiger partial charge is 0.481 e. The first-order valence-corrected chi connectivity index (χ1v) is 10.2. The van der Waals surface area contributed by atoms with Gasteiger partial charge in [0.2, 0.25) is 23.6 Å². The highest BCUT2D eigenvalue weighted by Gasteiger charge is 2.31. The maximum atomic E-state index is 12.6. The highest BCUT2D eigenvalue weighted by Crippen LogP contribution is 2.04. The Hall–Kier alpha value is -2.87. The maximum absolute atomic E-state index is 12.6. The predicted octanol–water partition coefficient (Wildman–Crippen LogP) is -3.02. The number of hydrogen-bond acceptors (Lipinski definition) is 8. The van der Waals surface area contributed by atoms with Crippen molar-refractivity contribution in [2.24, 2.45) is 11.5 Å². The first-order chi connectivity index (χ1) is 13.9. The summed E-state index contributed by atoms with van der Waals surface area (Å²) in [6.07, 6.45) is 0.375. The first kappa shape index (κ1) is 27.1. The molecule has 0 radical (unpaired) electrons. The van der Waals surface area contributed by atoms with Crippen LogP contribution in [-0.4, -0.2) is 82.0 Å². The standard InChI is InChI=1S/C16H27N5O8S/c1-7(17)13(25)19-8(3-4-30-2)14(26)20-9(5-11(18)22)15(27)21-10(16(28)29)6-12(23)24/h7-10H,3-6,17H2,1-2H3,(H2,18,22)(H,19,25)(H,20,26)(H,21,27)(H,23,24)(H,28,29). The number of nitrogens with one attached hydrogen (secondary N) is 3. The summed E-state index contributed by atoms with van der Waals surface area (Å²) in [5.74, 6) is -6.13. The Morgan fingerprint density at radius 2 is 1.37 bits per heavy atom. The second-order valence-corrected chi connectivity index (χ2v) is 7.35. The fraction of sp³-hybridized carbons (Fsp3) is 0.625. The maximum Gasteiger partial charge on any atom is 0.326 e. The number of carboxylic acid groups (broad SMARTS) is 2. The molecule has 0 aliphatic carbocycles. The van der Waals surface area contributed by atoms with Crippen LogP contribution in [0.3, 0.4) is 0 Å². The zero-order valence-electron chi connectivity index (χ0n) is 16.5. The third-order valence-corrected chi connectivity index (χ3v) is 4.33. The summed E-state index contributed by atoms with van der Waals surface area (Å²) in [6.45, 7) is 1.41. The van der Waals surface area contributed by atoms with Crippen molar-refractivity contribution in [2.45, 2.75) is 50.4 Å². The van der Waals surface area contributed by atoms with E-state index in [2.05, 4.69) is 10.6 Å². The molecule has 0 rings (SSSR count). The van der Waals surface area contributed by atoms with E-state index in [1.54, 1.807) is 6.26 Å². The highest BCUT2D eigenvalue weighted by molar-refractivity contribution is 7.98. The average molecular weight is 449 g/mol. The lowest BCUT2D eigenvalue weighted by molar-refractivity contribution is -0.147. The van der Waals surface area contributed by atoms with Gasteiger partial charge in [-0.05, 0) is 25.4 Å². The summed E-state index contributed by atoms with van der Waals surface area (Å²) in [6, 6.07) is -5.33. The van der Waals surface area contributed by atoms with Crippen LogP contribution in [0, 0.1) is 0 Å². The van der Waals surface area contributed by atoms with Crippen molar-refractivity contribution >= 4 is 47.3 Å². The van der Waals surface area contributed by atoms with Crippen LogP contribution in [0.5, 0.6) is 0 Å². The van der Waals surface area contributed by atoms with Crippen molar-refractivity contribution in [3.8, 4) is 0 Å². The van der Waals surface area contributed by atoms with Crippen molar-refractivity contribution in [1.82, 2.24) is 16.0 Å². The topological polar surface area (TPSA) is 231 Å². The zero-order valence-corrected chi connectivity index (χ0v) is 17.4. The summed E-state index contributed by atoms with van der Waals surface area (Å²) in [5, 5.41) is 24.4. The van der Waals surface area contributed by atoms with E-state index in [0.29, 0.717) is 5.75 Å². The Kier molecular flexibility index (Phi) is 12.1. The number of aliphatic carboxylic acids is 2. The van der Waals surface area contributed by atoms with Crippen LogP contribution in [-0.2, 0) is 28.8 Å². The molecule has 4 amide bonds. The molecule has 9 N–H and O–H groups in total. The molecule has 13 nitrogen and oxygen atoms in total. The number of carbonyl (C=O) groups is 6.